The standard InChI is InChI=1S/C15H23N5S/c16-4-3-13-14(17-15-20(13)9-10-21-15)19-7-5-18(6-8-19)11-12-1-2-12/h9-10,12H,1-8,11,16H2. The van der Waals surface area contributed by atoms with E-state index in [0.717, 1.165) is 30.4 Å². The van der Waals surface area contributed by atoms with Gasteiger partial charge in [0, 0.05) is 50.7 Å². The number of hydrogen-bond acceptors (Lipinski definition) is 5. The van der Waals surface area contributed by atoms with Crippen LogP contribution < -0.4 is 10.6 Å². The summed E-state index contributed by atoms with van der Waals surface area (Å²) in [6.45, 7) is 6.51. The van der Waals surface area contributed by atoms with Crippen LogP contribution in [-0.4, -0.2) is 53.6 Å². The number of imidazole rings is 1. The largest absolute Gasteiger partial charge is 0.352 e. The quantitative estimate of drug-likeness (QED) is 0.908. The third-order valence-electron chi connectivity index (χ3n) is 4.61. The second-order valence-electron chi connectivity index (χ2n) is 6.21. The zero-order chi connectivity index (χ0) is 14.2. The molecule has 6 heteroatoms. The number of anilines is 1. The fourth-order valence-corrected chi connectivity index (χ4v) is 3.98. The number of aromatic nitrogens is 2. The van der Waals surface area contributed by atoms with Crippen LogP contribution in [0.15, 0.2) is 11.6 Å². The molecule has 0 spiro atoms. The highest BCUT2D eigenvalue weighted by Gasteiger charge is 2.28. The van der Waals surface area contributed by atoms with Gasteiger partial charge in [0.25, 0.3) is 0 Å². The Morgan fingerprint density at radius 1 is 1.24 bits per heavy atom. The van der Waals surface area contributed by atoms with Gasteiger partial charge in [-0.25, -0.2) is 4.98 Å². The number of piperazine rings is 1. The molecule has 1 saturated carbocycles. The van der Waals surface area contributed by atoms with Crippen LogP contribution in [-0.2, 0) is 6.42 Å². The van der Waals surface area contributed by atoms with Crippen molar-refractivity contribution in [3.63, 3.8) is 0 Å². The van der Waals surface area contributed by atoms with Gasteiger partial charge in [-0.05, 0) is 25.3 Å². The first-order valence-electron chi connectivity index (χ1n) is 7.97. The van der Waals surface area contributed by atoms with E-state index in [0.29, 0.717) is 6.54 Å². The Kier molecular flexibility index (Phi) is 3.61. The van der Waals surface area contributed by atoms with Gasteiger partial charge in [-0.1, -0.05) is 0 Å². The molecule has 0 aromatic carbocycles. The summed E-state index contributed by atoms with van der Waals surface area (Å²) in [6, 6.07) is 0. The summed E-state index contributed by atoms with van der Waals surface area (Å²) in [7, 11) is 0. The molecule has 2 aromatic rings. The molecule has 2 aliphatic rings. The molecule has 0 bridgehead atoms. The van der Waals surface area contributed by atoms with Crippen molar-refractivity contribution < 1.29 is 0 Å². The molecule has 3 heterocycles. The van der Waals surface area contributed by atoms with Gasteiger partial charge >= 0.3 is 0 Å². The number of rotatable bonds is 5. The molecule has 1 aliphatic heterocycles. The van der Waals surface area contributed by atoms with Gasteiger partial charge in [0.2, 0.25) is 0 Å². The van der Waals surface area contributed by atoms with Crippen molar-refractivity contribution in [2.75, 3.05) is 44.2 Å². The maximum atomic E-state index is 5.80. The molecule has 2 aromatic heterocycles. The molecule has 0 unspecified atom stereocenters. The second-order valence-corrected chi connectivity index (χ2v) is 7.08. The van der Waals surface area contributed by atoms with E-state index in [1.165, 1.54) is 44.0 Å². The van der Waals surface area contributed by atoms with Crippen LogP contribution in [0.3, 0.4) is 0 Å². The van der Waals surface area contributed by atoms with Crippen molar-refractivity contribution in [3.8, 4) is 0 Å². The van der Waals surface area contributed by atoms with E-state index >= 15 is 0 Å². The molecule has 0 atom stereocenters. The highest BCUT2D eigenvalue weighted by molar-refractivity contribution is 7.15. The second kappa shape index (κ2) is 5.59. The van der Waals surface area contributed by atoms with Crippen molar-refractivity contribution >= 4 is 22.1 Å². The van der Waals surface area contributed by atoms with Crippen LogP contribution >= 0.6 is 11.3 Å². The summed E-state index contributed by atoms with van der Waals surface area (Å²) in [5.41, 5.74) is 7.08. The summed E-state index contributed by atoms with van der Waals surface area (Å²) in [5.74, 6) is 2.15. The predicted octanol–water partition coefficient (Wildman–Crippen LogP) is 1.43. The first kappa shape index (κ1) is 13.5. The van der Waals surface area contributed by atoms with E-state index < -0.39 is 0 Å². The SMILES string of the molecule is NCCc1c(N2CCN(CC3CC3)CC2)nc2sccn12. The monoisotopic (exact) mass is 305 g/mol. The average molecular weight is 305 g/mol. The molecular formula is C15H23N5S. The summed E-state index contributed by atoms with van der Waals surface area (Å²) in [4.78, 5) is 11.0. The predicted molar refractivity (Wildman–Crippen MR) is 87.2 cm³/mol. The van der Waals surface area contributed by atoms with E-state index in [1.54, 1.807) is 11.3 Å². The Morgan fingerprint density at radius 3 is 2.76 bits per heavy atom. The molecule has 4 rings (SSSR count). The van der Waals surface area contributed by atoms with Gasteiger partial charge in [-0.2, -0.15) is 0 Å². The van der Waals surface area contributed by atoms with Gasteiger partial charge in [0.15, 0.2) is 10.8 Å². The van der Waals surface area contributed by atoms with Crippen molar-refractivity contribution in [1.29, 1.82) is 0 Å². The third kappa shape index (κ3) is 2.67. The van der Waals surface area contributed by atoms with E-state index in [2.05, 4.69) is 25.8 Å². The lowest BCUT2D eigenvalue weighted by atomic mass is 10.2. The van der Waals surface area contributed by atoms with E-state index in [9.17, 15) is 0 Å². The minimum atomic E-state index is 0.679. The van der Waals surface area contributed by atoms with Crippen LogP contribution in [0.4, 0.5) is 5.82 Å². The Bertz CT molecular complexity index is 607. The molecule has 21 heavy (non-hydrogen) atoms. The lowest BCUT2D eigenvalue weighted by Crippen LogP contribution is -2.47. The first-order chi connectivity index (χ1) is 10.3. The third-order valence-corrected chi connectivity index (χ3v) is 5.36. The first-order valence-corrected chi connectivity index (χ1v) is 8.85. The summed E-state index contributed by atoms with van der Waals surface area (Å²) >= 11 is 1.70. The molecule has 2 fully saturated rings. The fourth-order valence-electron chi connectivity index (χ4n) is 3.25. The molecule has 1 aliphatic carbocycles. The molecule has 2 N–H and O–H groups in total. The Balaban J connectivity index is 1.50. The number of nitrogens with zero attached hydrogens (tertiary/aromatic N) is 4. The summed E-state index contributed by atoms with van der Waals surface area (Å²) in [5, 5.41) is 2.10. The van der Waals surface area contributed by atoms with Crippen molar-refractivity contribution in [2.45, 2.75) is 19.3 Å². The summed E-state index contributed by atoms with van der Waals surface area (Å²) < 4.78 is 2.21. The molecular weight excluding hydrogens is 282 g/mol. The van der Waals surface area contributed by atoms with Crippen molar-refractivity contribution in [2.24, 2.45) is 11.7 Å². The van der Waals surface area contributed by atoms with E-state index in [-0.39, 0.29) is 0 Å². The molecule has 0 radical (unpaired) electrons. The lowest BCUT2D eigenvalue weighted by molar-refractivity contribution is 0.247. The lowest BCUT2D eigenvalue weighted by Gasteiger charge is -2.35. The van der Waals surface area contributed by atoms with Crippen molar-refractivity contribution in [1.82, 2.24) is 14.3 Å². The molecule has 114 valence electrons. The summed E-state index contributed by atoms with van der Waals surface area (Å²) in [6.07, 6.45) is 5.90. The van der Waals surface area contributed by atoms with Gasteiger partial charge < -0.3 is 10.6 Å². The zero-order valence-corrected chi connectivity index (χ0v) is 13.2. The maximum absolute atomic E-state index is 5.80. The van der Waals surface area contributed by atoms with Gasteiger partial charge in [0.1, 0.15) is 0 Å². The van der Waals surface area contributed by atoms with Crippen molar-refractivity contribution in [3.05, 3.63) is 17.3 Å². The van der Waals surface area contributed by atoms with Gasteiger partial charge in [0.05, 0.1) is 5.69 Å². The highest BCUT2D eigenvalue weighted by Crippen LogP contribution is 2.31. The topological polar surface area (TPSA) is 49.8 Å². The minimum absolute atomic E-state index is 0.679. The van der Waals surface area contributed by atoms with E-state index in [1.807, 2.05) is 0 Å². The Labute approximate surface area is 129 Å². The van der Waals surface area contributed by atoms with Crippen LogP contribution in [0, 0.1) is 5.92 Å². The Morgan fingerprint density at radius 2 is 2.05 bits per heavy atom. The molecule has 0 amide bonds. The highest BCUT2D eigenvalue weighted by atomic mass is 32.1. The molecule has 5 nitrogen and oxygen atoms in total. The minimum Gasteiger partial charge on any atom is -0.352 e. The fraction of sp³-hybridized carbons (Fsp3) is 0.667. The maximum Gasteiger partial charge on any atom is 0.195 e. The van der Waals surface area contributed by atoms with Crippen LogP contribution in [0.25, 0.3) is 4.96 Å². The number of thiazole rings is 1. The molecule has 1 saturated heterocycles. The van der Waals surface area contributed by atoms with E-state index in [4.69, 9.17) is 10.7 Å². The van der Waals surface area contributed by atoms with Crippen LogP contribution in [0.1, 0.15) is 18.5 Å². The number of fused-ring (bicyclic) bond motifs is 1. The number of hydrogen-bond donors (Lipinski definition) is 1. The van der Waals surface area contributed by atoms with Gasteiger partial charge in [-0.15, -0.1) is 11.3 Å². The van der Waals surface area contributed by atoms with Gasteiger partial charge in [-0.3, -0.25) is 9.30 Å². The van der Waals surface area contributed by atoms with Crippen LogP contribution in [0.2, 0.25) is 0 Å². The normalized spacial score (nSPS) is 20.5. The average Bonchev–Trinajstić information content (AvgIpc) is 3.08. The Hall–Kier alpha value is -1.11. The number of nitrogens with two attached hydrogens (primary N) is 1. The zero-order valence-electron chi connectivity index (χ0n) is 12.4. The van der Waals surface area contributed by atoms with Crippen LogP contribution in [0.5, 0.6) is 0 Å². The smallest absolute Gasteiger partial charge is 0.195 e.